The number of nitrogens with zero attached hydrogens (tertiary/aromatic N) is 3. The lowest BCUT2D eigenvalue weighted by Gasteiger charge is -1.95. The molecule has 2 aromatic rings. The third-order valence-electron chi connectivity index (χ3n) is 2.12. The highest BCUT2D eigenvalue weighted by atomic mass is 32.1. The molecule has 0 atom stereocenters. The summed E-state index contributed by atoms with van der Waals surface area (Å²) >= 11 is 1.22. The average Bonchev–Trinajstić information content (AvgIpc) is 2.89. The highest BCUT2D eigenvalue weighted by Gasteiger charge is 2.03. The van der Waals surface area contributed by atoms with Crippen molar-refractivity contribution in [2.75, 3.05) is 5.32 Å². The average molecular weight is 276 g/mol. The Morgan fingerprint density at radius 2 is 2.11 bits per heavy atom. The van der Waals surface area contributed by atoms with Crippen molar-refractivity contribution in [1.82, 2.24) is 10.2 Å². The monoisotopic (exact) mass is 276 g/mol. The molecule has 0 aliphatic carbocycles. The Balaban J connectivity index is 1.98. The highest BCUT2D eigenvalue weighted by molar-refractivity contribution is 7.13. The molecule has 1 heterocycles. The van der Waals surface area contributed by atoms with Crippen LogP contribution in [0.5, 0.6) is 0 Å². The zero-order valence-corrected chi connectivity index (χ0v) is 10.3. The van der Waals surface area contributed by atoms with Crippen LogP contribution in [0, 0.1) is 10.1 Å². The predicted molar refractivity (Wildman–Crippen MR) is 70.7 cm³/mol. The van der Waals surface area contributed by atoms with Crippen molar-refractivity contribution in [1.29, 1.82) is 0 Å². The Labute approximate surface area is 111 Å². The number of hydrogen-bond donors (Lipinski definition) is 1. The molecule has 0 fully saturated rings. The number of anilines is 1. The summed E-state index contributed by atoms with van der Waals surface area (Å²) in [5.41, 5.74) is 2.21. The largest absolute Gasteiger partial charge is 0.297 e. The quantitative estimate of drug-likeness (QED) is 0.524. The van der Waals surface area contributed by atoms with Crippen LogP contribution in [0.2, 0.25) is 0 Å². The molecule has 1 amide bonds. The van der Waals surface area contributed by atoms with Crippen molar-refractivity contribution >= 4 is 34.1 Å². The van der Waals surface area contributed by atoms with Crippen molar-refractivity contribution in [3.05, 3.63) is 51.5 Å². The van der Waals surface area contributed by atoms with Gasteiger partial charge in [0.15, 0.2) is 0 Å². The van der Waals surface area contributed by atoms with Gasteiger partial charge >= 0.3 is 0 Å². The first kappa shape index (κ1) is 12.8. The molecule has 19 heavy (non-hydrogen) atoms. The van der Waals surface area contributed by atoms with Crippen molar-refractivity contribution in [3.63, 3.8) is 0 Å². The zero-order chi connectivity index (χ0) is 13.7. The molecule has 0 aliphatic heterocycles. The lowest BCUT2D eigenvalue weighted by molar-refractivity contribution is -0.384. The minimum Gasteiger partial charge on any atom is -0.297 e. The van der Waals surface area contributed by atoms with E-state index in [1.807, 2.05) is 0 Å². The van der Waals surface area contributed by atoms with Crippen molar-refractivity contribution < 1.29 is 9.72 Å². The Morgan fingerprint density at radius 1 is 1.37 bits per heavy atom. The predicted octanol–water partition coefficient (Wildman–Crippen LogP) is 2.10. The molecule has 1 N–H and O–H groups in total. The highest BCUT2D eigenvalue weighted by Crippen LogP contribution is 2.13. The number of benzene rings is 1. The maximum Gasteiger partial charge on any atom is 0.269 e. The van der Waals surface area contributed by atoms with Crippen LogP contribution in [-0.4, -0.2) is 21.0 Å². The first-order valence-electron chi connectivity index (χ1n) is 5.15. The molecular formula is C11H8N4O3S. The molecule has 0 spiro atoms. The second-order valence-electron chi connectivity index (χ2n) is 3.42. The van der Waals surface area contributed by atoms with Crippen LogP contribution < -0.4 is 5.32 Å². The number of nitrogens with one attached hydrogen (secondary N) is 1. The van der Waals surface area contributed by atoms with Gasteiger partial charge in [-0.05, 0) is 23.8 Å². The summed E-state index contributed by atoms with van der Waals surface area (Å²) in [6.07, 6.45) is 2.88. The number of nitro benzene ring substituents is 1. The zero-order valence-electron chi connectivity index (χ0n) is 9.52. The number of rotatable bonds is 4. The Kier molecular flexibility index (Phi) is 3.94. The van der Waals surface area contributed by atoms with E-state index in [9.17, 15) is 14.9 Å². The number of nitro groups is 1. The van der Waals surface area contributed by atoms with Gasteiger partial charge in [-0.25, -0.2) is 0 Å². The van der Waals surface area contributed by atoms with Crippen LogP contribution >= 0.6 is 11.3 Å². The second-order valence-corrected chi connectivity index (χ2v) is 4.25. The van der Waals surface area contributed by atoms with Gasteiger partial charge < -0.3 is 0 Å². The van der Waals surface area contributed by atoms with E-state index in [2.05, 4.69) is 15.5 Å². The fraction of sp³-hybridized carbons (Fsp3) is 0. The Bertz CT molecular complexity index is 607. The summed E-state index contributed by atoms with van der Waals surface area (Å²) in [5, 5.41) is 20.7. The van der Waals surface area contributed by atoms with E-state index >= 15 is 0 Å². The molecule has 0 aliphatic rings. The molecule has 0 saturated heterocycles. The van der Waals surface area contributed by atoms with Crippen LogP contribution in [0.25, 0.3) is 6.08 Å². The van der Waals surface area contributed by atoms with E-state index in [1.54, 1.807) is 18.2 Å². The van der Waals surface area contributed by atoms with Crippen LogP contribution in [0.15, 0.2) is 35.9 Å². The fourth-order valence-electron chi connectivity index (χ4n) is 1.25. The minimum atomic E-state index is -0.477. The summed E-state index contributed by atoms with van der Waals surface area (Å²) in [6, 6.07) is 5.88. The van der Waals surface area contributed by atoms with Crippen molar-refractivity contribution in [3.8, 4) is 0 Å². The number of aromatic nitrogens is 2. The number of non-ortho nitro benzene ring substituents is 1. The van der Waals surface area contributed by atoms with E-state index in [-0.39, 0.29) is 11.6 Å². The fourth-order valence-corrected chi connectivity index (χ4v) is 1.70. The molecular weight excluding hydrogens is 268 g/mol. The topological polar surface area (TPSA) is 98.0 Å². The summed E-state index contributed by atoms with van der Waals surface area (Å²) in [6.45, 7) is 0. The first-order chi connectivity index (χ1) is 9.15. The third-order valence-corrected chi connectivity index (χ3v) is 2.73. The van der Waals surface area contributed by atoms with Gasteiger partial charge in [0.05, 0.1) is 4.92 Å². The molecule has 0 radical (unpaired) electrons. The van der Waals surface area contributed by atoms with Crippen LogP contribution in [0.1, 0.15) is 5.56 Å². The normalized spacial score (nSPS) is 10.5. The number of amides is 1. The smallest absolute Gasteiger partial charge is 0.269 e. The SMILES string of the molecule is O=C(C=Cc1ccc([N+](=O)[O-])cc1)Nc1nncs1. The Hall–Kier alpha value is -2.61. The first-order valence-corrected chi connectivity index (χ1v) is 6.03. The number of carbonyl (C=O) groups excluding carboxylic acids is 1. The lowest BCUT2D eigenvalue weighted by Crippen LogP contribution is -2.07. The van der Waals surface area contributed by atoms with Gasteiger partial charge in [-0.1, -0.05) is 11.3 Å². The van der Waals surface area contributed by atoms with E-state index in [0.29, 0.717) is 10.7 Å². The minimum absolute atomic E-state index is 0.00969. The van der Waals surface area contributed by atoms with Crippen molar-refractivity contribution in [2.24, 2.45) is 0 Å². The number of carbonyl (C=O) groups is 1. The molecule has 96 valence electrons. The third kappa shape index (κ3) is 3.68. The van der Waals surface area contributed by atoms with Crippen LogP contribution in [0.4, 0.5) is 10.8 Å². The van der Waals surface area contributed by atoms with Gasteiger partial charge in [0.1, 0.15) is 5.51 Å². The summed E-state index contributed by atoms with van der Waals surface area (Å²) in [4.78, 5) is 21.5. The maximum absolute atomic E-state index is 11.5. The van der Waals surface area contributed by atoms with Crippen LogP contribution in [0.3, 0.4) is 0 Å². The van der Waals surface area contributed by atoms with Crippen LogP contribution in [-0.2, 0) is 4.79 Å². The van der Waals surface area contributed by atoms with Gasteiger partial charge in [0.2, 0.25) is 11.0 Å². The van der Waals surface area contributed by atoms with Gasteiger partial charge in [-0.2, -0.15) is 0 Å². The molecule has 1 aromatic heterocycles. The van der Waals surface area contributed by atoms with Gasteiger partial charge in [-0.3, -0.25) is 20.2 Å². The maximum atomic E-state index is 11.5. The van der Waals surface area contributed by atoms with Crippen molar-refractivity contribution in [2.45, 2.75) is 0 Å². The molecule has 0 unspecified atom stereocenters. The summed E-state index contributed by atoms with van der Waals surface area (Å²) in [7, 11) is 0. The van der Waals surface area contributed by atoms with Gasteiger partial charge in [0.25, 0.3) is 5.69 Å². The number of hydrogen-bond acceptors (Lipinski definition) is 6. The molecule has 0 bridgehead atoms. The molecule has 8 heteroatoms. The van der Waals surface area contributed by atoms with E-state index in [1.165, 1.54) is 35.1 Å². The standard InChI is InChI=1S/C11H8N4O3S/c16-10(13-11-14-12-7-19-11)6-3-8-1-4-9(5-2-8)15(17)18/h1-7H,(H,13,14,16). The Morgan fingerprint density at radius 3 is 2.68 bits per heavy atom. The van der Waals surface area contributed by atoms with Gasteiger partial charge in [0, 0.05) is 18.2 Å². The lowest BCUT2D eigenvalue weighted by atomic mass is 10.2. The molecule has 1 aromatic carbocycles. The van der Waals surface area contributed by atoms with E-state index in [4.69, 9.17) is 0 Å². The van der Waals surface area contributed by atoms with E-state index < -0.39 is 4.92 Å². The summed E-state index contributed by atoms with van der Waals surface area (Å²) in [5.74, 6) is -0.338. The van der Waals surface area contributed by atoms with E-state index in [0.717, 1.165) is 0 Å². The molecule has 2 rings (SSSR count). The van der Waals surface area contributed by atoms with Gasteiger partial charge in [-0.15, -0.1) is 10.2 Å². The molecule has 7 nitrogen and oxygen atoms in total. The summed E-state index contributed by atoms with van der Waals surface area (Å²) < 4.78 is 0. The second kappa shape index (κ2) is 5.83. The molecule has 0 saturated carbocycles.